The molecule has 0 amide bonds. The van der Waals surface area contributed by atoms with Crippen LogP contribution in [0.3, 0.4) is 0 Å². The maximum Gasteiger partial charge on any atom is 0.196 e. The van der Waals surface area contributed by atoms with Gasteiger partial charge in [0, 0.05) is 24.5 Å². The van der Waals surface area contributed by atoms with Gasteiger partial charge in [0.25, 0.3) is 0 Å². The minimum Gasteiger partial charge on any atom is -0.397 e. The number of nitrogen functional groups attached to an aromatic ring is 1. The fraction of sp³-hybridized carbons (Fsp3) is 0.231. The highest BCUT2D eigenvalue weighted by molar-refractivity contribution is 5.78. The molecule has 0 aliphatic carbocycles. The molecule has 3 heterocycles. The van der Waals surface area contributed by atoms with Gasteiger partial charge in [-0.2, -0.15) is 0 Å². The Balaban J connectivity index is 2.22. The Kier molecular flexibility index (Phi) is 2.94. The van der Waals surface area contributed by atoms with Crippen LogP contribution in [0.5, 0.6) is 0 Å². The third-order valence-corrected chi connectivity index (χ3v) is 3.15. The number of anilines is 1. The summed E-state index contributed by atoms with van der Waals surface area (Å²) in [7, 11) is 0. The van der Waals surface area contributed by atoms with E-state index in [0.29, 0.717) is 28.8 Å². The van der Waals surface area contributed by atoms with Gasteiger partial charge in [-0.15, -0.1) is 5.10 Å². The van der Waals surface area contributed by atoms with Crippen LogP contribution in [0, 0.1) is 0 Å². The van der Waals surface area contributed by atoms with Crippen LogP contribution in [0.15, 0.2) is 35.6 Å². The van der Waals surface area contributed by atoms with E-state index in [1.165, 1.54) is 0 Å². The van der Waals surface area contributed by atoms with Crippen molar-refractivity contribution >= 4 is 16.7 Å². The average molecular weight is 270 g/mol. The Bertz CT molecular complexity index is 806. The van der Waals surface area contributed by atoms with E-state index in [2.05, 4.69) is 15.3 Å². The first kappa shape index (κ1) is 12.3. The van der Waals surface area contributed by atoms with Gasteiger partial charge in [-0.1, -0.05) is 5.21 Å². The number of hydrogen-bond acceptors (Lipinski definition) is 5. The summed E-state index contributed by atoms with van der Waals surface area (Å²) >= 11 is 0. The third kappa shape index (κ3) is 2.03. The molecule has 0 saturated heterocycles. The predicted molar refractivity (Wildman–Crippen MR) is 75.2 cm³/mol. The molecule has 3 aromatic heterocycles. The van der Waals surface area contributed by atoms with E-state index in [0.717, 1.165) is 6.54 Å². The molecule has 0 atom stereocenters. The van der Waals surface area contributed by atoms with Gasteiger partial charge < -0.3 is 10.3 Å². The smallest absolute Gasteiger partial charge is 0.196 e. The Morgan fingerprint density at radius 2 is 2.25 bits per heavy atom. The van der Waals surface area contributed by atoms with Crippen molar-refractivity contribution in [3.05, 3.63) is 46.6 Å². The molecule has 0 fully saturated rings. The van der Waals surface area contributed by atoms with Crippen LogP contribution in [-0.2, 0) is 13.1 Å². The number of pyridine rings is 2. The number of aromatic nitrogens is 5. The summed E-state index contributed by atoms with van der Waals surface area (Å²) in [6.07, 6.45) is 6.68. The summed E-state index contributed by atoms with van der Waals surface area (Å²) in [4.78, 5) is 16.8. The van der Waals surface area contributed by atoms with Crippen molar-refractivity contribution < 1.29 is 0 Å². The van der Waals surface area contributed by atoms with Crippen LogP contribution < -0.4 is 11.2 Å². The molecule has 0 aliphatic heterocycles. The monoisotopic (exact) mass is 270 g/mol. The second-order valence-corrected chi connectivity index (χ2v) is 4.51. The second-order valence-electron chi connectivity index (χ2n) is 4.51. The van der Waals surface area contributed by atoms with Crippen LogP contribution in [0.2, 0.25) is 0 Å². The maximum atomic E-state index is 12.5. The molecule has 0 bridgehead atoms. The van der Waals surface area contributed by atoms with E-state index in [1.807, 2.05) is 17.7 Å². The van der Waals surface area contributed by atoms with Gasteiger partial charge in [-0.25, -0.2) is 9.67 Å². The van der Waals surface area contributed by atoms with Gasteiger partial charge in [0.05, 0.1) is 30.0 Å². The van der Waals surface area contributed by atoms with Gasteiger partial charge in [-0.3, -0.25) is 4.79 Å². The summed E-state index contributed by atoms with van der Waals surface area (Å²) in [6, 6.07) is 1.67. The highest BCUT2D eigenvalue weighted by Crippen LogP contribution is 2.13. The lowest BCUT2D eigenvalue weighted by molar-refractivity contribution is 0.640. The zero-order valence-electron chi connectivity index (χ0n) is 11.0. The summed E-state index contributed by atoms with van der Waals surface area (Å²) in [6.45, 7) is 3.10. The average Bonchev–Trinajstić information content (AvgIpc) is 2.95. The first-order valence-electron chi connectivity index (χ1n) is 6.30. The molecule has 3 rings (SSSR count). The lowest BCUT2D eigenvalue weighted by Gasteiger charge is -2.11. The first-order chi connectivity index (χ1) is 9.69. The molecule has 0 spiro atoms. The number of rotatable bonds is 3. The lowest BCUT2D eigenvalue weighted by atomic mass is 10.2. The van der Waals surface area contributed by atoms with Crippen molar-refractivity contribution in [2.45, 2.75) is 20.0 Å². The number of fused-ring (bicyclic) bond motifs is 1. The lowest BCUT2D eigenvalue weighted by Crippen LogP contribution is -2.18. The fourth-order valence-corrected chi connectivity index (χ4v) is 2.20. The van der Waals surface area contributed by atoms with Crippen LogP contribution in [0.25, 0.3) is 11.0 Å². The Morgan fingerprint density at radius 1 is 1.40 bits per heavy atom. The van der Waals surface area contributed by atoms with Crippen molar-refractivity contribution in [3.63, 3.8) is 0 Å². The fourth-order valence-electron chi connectivity index (χ4n) is 2.20. The summed E-state index contributed by atoms with van der Waals surface area (Å²) in [5.74, 6) is 0. The molecule has 0 unspecified atom stereocenters. The largest absolute Gasteiger partial charge is 0.397 e. The maximum absolute atomic E-state index is 12.5. The SMILES string of the molecule is CCn1cc(Cn2ccnn2)c(=O)c2cc(N)cnc21. The minimum atomic E-state index is -0.0694. The number of hydrogen-bond donors (Lipinski definition) is 1. The molecule has 7 nitrogen and oxygen atoms in total. The summed E-state index contributed by atoms with van der Waals surface area (Å²) in [5, 5.41) is 8.15. The van der Waals surface area contributed by atoms with Crippen LogP contribution in [0.4, 0.5) is 5.69 Å². The number of aryl methyl sites for hydroxylation is 1. The van der Waals surface area contributed by atoms with Gasteiger partial charge in [0.15, 0.2) is 5.43 Å². The number of nitrogens with two attached hydrogens (primary N) is 1. The molecule has 0 aliphatic rings. The molecule has 0 radical (unpaired) electrons. The molecule has 102 valence electrons. The summed E-state index contributed by atoms with van der Waals surface area (Å²) < 4.78 is 3.55. The Morgan fingerprint density at radius 3 is 2.95 bits per heavy atom. The van der Waals surface area contributed by atoms with Crippen molar-refractivity contribution in [2.75, 3.05) is 5.73 Å². The zero-order valence-corrected chi connectivity index (χ0v) is 11.0. The molecular formula is C13H14N6O. The van der Waals surface area contributed by atoms with Crippen LogP contribution >= 0.6 is 0 Å². The van der Waals surface area contributed by atoms with E-state index in [-0.39, 0.29) is 5.43 Å². The van der Waals surface area contributed by atoms with E-state index in [1.54, 1.807) is 29.3 Å². The summed E-state index contributed by atoms with van der Waals surface area (Å²) in [5.41, 5.74) is 7.43. The van der Waals surface area contributed by atoms with Gasteiger partial charge >= 0.3 is 0 Å². The highest BCUT2D eigenvalue weighted by Gasteiger charge is 2.10. The standard InChI is InChI=1S/C13H14N6O/c1-2-18-7-9(8-19-4-3-16-17-19)12(20)11-5-10(14)6-15-13(11)18/h3-7H,2,8,14H2,1H3. The molecule has 3 aromatic rings. The highest BCUT2D eigenvalue weighted by atomic mass is 16.1. The van der Waals surface area contributed by atoms with E-state index >= 15 is 0 Å². The van der Waals surface area contributed by atoms with Gasteiger partial charge in [0.2, 0.25) is 0 Å². The Hall–Kier alpha value is -2.70. The topological polar surface area (TPSA) is 91.6 Å². The normalized spacial score (nSPS) is 11.1. The van der Waals surface area contributed by atoms with Crippen molar-refractivity contribution in [3.8, 4) is 0 Å². The van der Waals surface area contributed by atoms with E-state index in [4.69, 9.17) is 5.73 Å². The molecule has 0 saturated carbocycles. The molecule has 20 heavy (non-hydrogen) atoms. The molecule has 7 heteroatoms. The van der Waals surface area contributed by atoms with Gasteiger partial charge in [0.1, 0.15) is 5.65 Å². The molecule has 0 aromatic carbocycles. The van der Waals surface area contributed by atoms with E-state index in [9.17, 15) is 4.79 Å². The molecule has 2 N–H and O–H groups in total. The third-order valence-electron chi connectivity index (χ3n) is 3.15. The quantitative estimate of drug-likeness (QED) is 0.754. The van der Waals surface area contributed by atoms with E-state index < -0.39 is 0 Å². The number of nitrogens with zero attached hydrogens (tertiary/aromatic N) is 5. The van der Waals surface area contributed by atoms with Crippen LogP contribution in [-0.4, -0.2) is 24.5 Å². The molecular weight excluding hydrogens is 256 g/mol. The predicted octanol–water partition coefficient (Wildman–Crippen LogP) is 0.638. The van der Waals surface area contributed by atoms with Gasteiger partial charge in [-0.05, 0) is 13.0 Å². The zero-order chi connectivity index (χ0) is 14.1. The minimum absolute atomic E-state index is 0.0694. The van der Waals surface area contributed by atoms with Crippen molar-refractivity contribution in [2.24, 2.45) is 0 Å². The van der Waals surface area contributed by atoms with Crippen molar-refractivity contribution in [1.82, 2.24) is 24.5 Å². The first-order valence-corrected chi connectivity index (χ1v) is 6.30. The second kappa shape index (κ2) is 4.76. The Labute approximate surface area is 114 Å². The van der Waals surface area contributed by atoms with Crippen molar-refractivity contribution in [1.29, 1.82) is 0 Å². The van der Waals surface area contributed by atoms with Crippen LogP contribution in [0.1, 0.15) is 12.5 Å².